The first kappa shape index (κ1) is 25.6. The van der Waals surface area contributed by atoms with Gasteiger partial charge in [0.05, 0.1) is 43.4 Å². The predicted molar refractivity (Wildman–Crippen MR) is 115 cm³/mol. The first-order valence-electron chi connectivity index (χ1n) is 11.6. The molecule has 1 unspecified atom stereocenters. The average molecular weight is 438 g/mol. The summed E-state index contributed by atoms with van der Waals surface area (Å²) in [4.78, 5) is 23.9. The Hall–Kier alpha value is -1.70. The van der Waals surface area contributed by atoms with Crippen LogP contribution in [-0.4, -0.2) is 53.6 Å². The van der Waals surface area contributed by atoms with Gasteiger partial charge in [0.15, 0.2) is 0 Å². The molecule has 31 heavy (non-hydrogen) atoms. The number of likely N-dealkylation sites (N-methyl/N-ethyl adjacent to an activating group) is 1. The molecule has 1 fully saturated rings. The van der Waals surface area contributed by atoms with Crippen LogP contribution in [0.4, 0.5) is 0 Å². The Morgan fingerprint density at radius 1 is 1.32 bits per heavy atom. The van der Waals surface area contributed by atoms with Crippen molar-refractivity contribution in [3.63, 3.8) is 0 Å². The van der Waals surface area contributed by atoms with Crippen LogP contribution in [0.2, 0.25) is 0 Å². The Kier molecular flexibility index (Phi) is 8.86. The normalized spacial score (nSPS) is 31.5. The summed E-state index contributed by atoms with van der Waals surface area (Å²) in [5.74, 6) is -2.07. The van der Waals surface area contributed by atoms with Gasteiger partial charge in [-0.1, -0.05) is 33.6 Å². The van der Waals surface area contributed by atoms with Crippen molar-refractivity contribution in [3.8, 4) is 0 Å². The Labute approximate surface area is 185 Å². The highest BCUT2D eigenvalue weighted by Crippen LogP contribution is 2.46. The van der Waals surface area contributed by atoms with Crippen LogP contribution in [0.25, 0.3) is 0 Å². The Morgan fingerprint density at radius 3 is 2.52 bits per heavy atom. The smallest absolute Gasteiger partial charge is 0.305 e. The van der Waals surface area contributed by atoms with Gasteiger partial charge in [-0.2, -0.15) is 0 Å². The first-order chi connectivity index (χ1) is 14.5. The minimum absolute atomic E-state index is 0.0481. The summed E-state index contributed by atoms with van der Waals surface area (Å²) >= 11 is 0. The monoisotopic (exact) mass is 437 g/mol. The van der Waals surface area contributed by atoms with Crippen LogP contribution < -0.4 is 10.0 Å². The fraction of sp³-hybridized carbons (Fsp3) is 0.750. The molecule has 0 amide bonds. The van der Waals surface area contributed by atoms with Crippen molar-refractivity contribution in [1.82, 2.24) is 0 Å². The van der Waals surface area contributed by atoms with E-state index in [1.165, 1.54) is 0 Å². The van der Waals surface area contributed by atoms with Crippen LogP contribution in [-0.2, 0) is 14.3 Å². The topological polar surface area (TPSA) is 111 Å². The van der Waals surface area contributed by atoms with Crippen LogP contribution in [0.5, 0.6) is 0 Å². The second kappa shape index (κ2) is 10.7. The standard InChI is InChI=1S/C24H39NO6/c1-6-15(20(26)11-21(27)28)12-24(4)13-16(7-2)22(31-24)17(8-3)18-9-10-25(5)14-19(18)23(29)30/h9-10,15-17,20,22,26H,6-8,11-14H2,1-5H3,(H,27,28)(H,29,30)/t15-,16-,17+,20-,22-,24-/m1/s1. The quantitative estimate of drug-likeness (QED) is 0.443. The molecule has 176 valence electrons. The van der Waals surface area contributed by atoms with E-state index in [0.717, 1.165) is 29.7 Å². The molecule has 2 heterocycles. The van der Waals surface area contributed by atoms with E-state index in [1.807, 2.05) is 33.2 Å². The fourth-order valence-electron chi connectivity index (χ4n) is 5.45. The summed E-state index contributed by atoms with van der Waals surface area (Å²) in [6, 6.07) is 0. The molecule has 7 atom stereocenters. The summed E-state index contributed by atoms with van der Waals surface area (Å²) < 4.78 is 6.65. The maximum absolute atomic E-state index is 11.8. The number of aliphatic hydroxyl groups is 1. The lowest BCUT2D eigenvalue weighted by molar-refractivity contribution is -0.819. The summed E-state index contributed by atoms with van der Waals surface area (Å²) in [7, 11) is 1.92. The van der Waals surface area contributed by atoms with Gasteiger partial charge in [-0.25, -0.2) is 0 Å². The van der Waals surface area contributed by atoms with Crippen LogP contribution in [0, 0.1) is 17.8 Å². The molecular formula is C24H39NO6. The molecule has 7 heteroatoms. The summed E-state index contributed by atoms with van der Waals surface area (Å²) in [5.41, 5.74) is 0.669. The average Bonchev–Trinajstić information content (AvgIpc) is 3.03. The maximum atomic E-state index is 11.8. The lowest BCUT2D eigenvalue weighted by Gasteiger charge is -2.34. The van der Waals surface area contributed by atoms with Crippen molar-refractivity contribution in [1.29, 1.82) is 0 Å². The first-order valence-corrected chi connectivity index (χ1v) is 11.6. The lowest BCUT2D eigenvalue weighted by atomic mass is 9.77. The van der Waals surface area contributed by atoms with Crippen molar-refractivity contribution in [2.24, 2.45) is 17.8 Å². The van der Waals surface area contributed by atoms with Gasteiger partial charge in [0.1, 0.15) is 6.54 Å². The fourth-order valence-corrected chi connectivity index (χ4v) is 5.45. The number of carbonyl (C=O) groups excluding carboxylic acids is 1. The van der Waals surface area contributed by atoms with Crippen LogP contribution in [0.1, 0.15) is 66.2 Å². The molecule has 0 aromatic carbocycles. The molecule has 3 N–H and O–H groups in total. The number of carboxylic acid groups (broad SMARTS) is 2. The Balaban J connectivity index is 2.28. The van der Waals surface area contributed by atoms with Gasteiger partial charge in [-0.15, -0.1) is 0 Å². The number of carbonyl (C=O) groups is 2. The third kappa shape index (κ3) is 6.18. The minimum Gasteiger partial charge on any atom is -0.545 e. The van der Waals surface area contributed by atoms with E-state index >= 15 is 0 Å². The molecule has 0 aromatic heterocycles. The van der Waals surface area contributed by atoms with E-state index in [2.05, 4.69) is 13.8 Å². The molecule has 0 aliphatic carbocycles. The zero-order chi connectivity index (χ0) is 23.3. The molecular weight excluding hydrogens is 398 g/mol. The number of aliphatic hydroxyl groups excluding tert-OH is 1. The number of nitrogens with one attached hydrogen (secondary N) is 1. The van der Waals surface area contributed by atoms with Gasteiger partial charge >= 0.3 is 5.97 Å². The molecule has 2 aliphatic rings. The van der Waals surface area contributed by atoms with Gasteiger partial charge < -0.3 is 29.8 Å². The van der Waals surface area contributed by atoms with E-state index in [4.69, 9.17) is 9.84 Å². The van der Waals surface area contributed by atoms with Gasteiger partial charge in [0.25, 0.3) is 0 Å². The number of carboxylic acids is 2. The third-order valence-electron chi connectivity index (χ3n) is 7.08. The molecule has 2 aliphatic heterocycles. The highest BCUT2D eigenvalue weighted by atomic mass is 16.5. The van der Waals surface area contributed by atoms with Crippen molar-refractivity contribution >= 4 is 11.9 Å². The van der Waals surface area contributed by atoms with Gasteiger partial charge in [0.2, 0.25) is 0 Å². The second-order valence-corrected chi connectivity index (χ2v) is 9.54. The van der Waals surface area contributed by atoms with Gasteiger partial charge in [-0.05, 0) is 49.7 Å². The van der Waals surface area contributed by atoms with Crippen molar-refractivity contribution in [2.75, 3.05) is 13.6 Å². The van der Waals surface area contributed by atoms with E-state index in [-0.39, 0.29) is 30.3 Å². The second-order valence-electron chi connectivity index (χ2n) is 9.54. The maximum Gasteiger partial charge on any atom is 0.305 e. The third-order valence-corrected chi connectivity index (χ3v) is 7.08. The predicted octanol–water partition coefficient (Wildman–Crippen LogP) is 0.927. The highest BCUT2D eigenvalue weighted by molar-refractivity contribution is 5.87. The van der Waals surface area contributed by atoms with Crippen molar-refractivity contribution in [3.05, 3.63) is 23.4 Å². The molecule has 0 spiro atoms. The van der Waals surface area contributed by atoms with Gasteiger partial charge in [0, 0.05) is 11.5 Å². The van der Waals surface area contributed by atoms with E-state index in [9.17, 15) is 19.8 Å². The largest absolute Gasteiger partial charge is 0.545 e. The SMILES string of the molecule is CC[C@@H]1C[C@@](C)(C[C@@H](CC)[C@H](O)CC(=O)O)O[C@H]1[C@@H](CC)C1=C(C(=O)[O-])C[NH+](C)C=C1. The number of rotatable bonds is 11. The van der Waals surface area contributed by atoms with Crippen LogP contribution >= 0.6 is 0 Å². The summed E-state index contributed by atoms with van der Waals surface area (Å²) in [6.07, 6.45) is 6.32. The number of ether oxygens (including phenoxy) is 1. The molecule has 0 radical (unpaired) electrons. The number of hydrogen-bond acceptors (Lipinski definition) is 5. The molecule has 0 aromatic rings. The zero-order valence-corrected chi connectivity index (χ0v) is 19.5. The number of allylic oxidation sites excluding steroid dienone is 1. The van der Waals surface area contributed by atoms with E-state index in [0.29, 0.717) is 25.0 Å². The number of hydrogen-bond donors (Lipinski definition) is 3. The number of quaternary nitrogens is 1. The van der Waals surface area contributed by atoms with E-state index in [1.54, 1.807) is 0 Å². The zero-order valence-electron chi connectivity index (χ0n) is 19.5. The molecule has 1 saturated heterocycles. The summed E-state index contributed by atoms with van der Waals surface area (Å²) in [5, 5.41) is 31.3. The lowest BCUT2D eigenvalue weighted by Crippen LogP contribution is -3.05. The minimum atomic E-state index is -1.12. The van der Waals surface area contributed by atoms with Crippen molar-refractivity contribution in [2.45, 2.75) is 84.0 Å². The molecule has 2 rings (SSSR count). The molecule has 0 saturated carbocycles. The van der Waals surface area contributed by atoms with Crippen molar-refractivity contribution < 1.29 is 34.5 Å². The summed E-state index contributed by atoms with van der Waals surface area (Å²) in [6.45, 7) is 8.58. The van der Waals surface area contributed by atoms with Crippen LogP contribution in [0.15, 0.2) is 23.4 Å². The molecule has 7 nitrogen and oxygen atoms in total. The Morgan fingerprint density at radius 2 is 2.00 bits per heavy atom. The van der Waals surface area contributed by atoms with E-state index < -0.39 is 23.6 Å². The highest BCUT2D eigenvalue weighted by Gasteiger charge is 2.47. The molecule has 0 bridgehead atoms. The number of aliphatic carboxylic acids is 2. The Bertz CT molecular complexity index is 717. The van der Waals surface area contributed by atoms with Gasteiger partial charge in [-0.3, -0.25) is 4.79 Å². The van der Waals surface area contributed by atoms with Crippen LogP contribution in [0.3, 0.4) is 0 Å².